The van der Waals surface area contributed by atoms with Crippen LogP contribution in [-0.4, -0.2) is 40.2 Å². The van der Waals surface area contributed by atoms with Crippen LogP contribution >= 0.6 is 0 Å². The lowest BCUT2D eigenvalue weighted by Crippen LogP contribution is -2.20. The van der Waals surface area contributed by atoms with Crippen LogP contribution in [0, 0.1) is 0 Å². The highest BCUT2D eigenvalue weighted by Gasteiger charge is 2.29. The molecule has 0 saturated heterocycles. The van der Waals surface area contributed by atoms with E-state index in [0.29, 0.717) is 28.0 Å². The Hall–Kier alpha value is -3.81. The summed E-state index contributed by atoms with van der Waals surface area (Å²) in [7, 11) is 5.59. The fraction of sp³-hybridized carbons (Fsp3) is 0.261. The highest BCUT2D eigenvalue weighted by atomic mass is 16.5. The Balaban J connectivity index is 2.14. The largest absolute Gasteiger partial charge is 0.497 e. The first-order chi connectivity index (χ1) is 14.9. The summed E-state index contributed by atoms with van der Waals surface area (Å²) in [6, 6.07) is 11.1. The monoisotopic (exact) mass is 426 g/mol. The molecule has 0 N–H and O–H groups in total. The molecule has 0 amide bonds. The molecule has 2 aromatic carbocycles. The zero-order chi connectivity index (χ0) is 22.5. The molecule has 0 aliphatic heterocycles. The summed E-state index contributed by atoms with van der Waals surface area (Å²) in [6.45, 7) is 0. The Morgan fingerprint density at radius 1 is 0.968 bits per heavy atom. The Kier molecular flexibility index (Phi) is 6.59. The van der Waals surface area contributed by atoms with Crippen LogP contribution in [0.5, 0.6) is 17.2 Å². The second-order valence-corrected chi connectivity index (χ2v) is 6.63. The van der Waals surface area contributed by atoms with Crippen LogP contribution < -0.4 is 19.8 Å². The van der Waals surface area contributed by atoms with E-state index in [9.17, 15) is 14.4 Å². The van der Waals surface area contributed by atoms with E-state index < -0.39 is 17.5 Å². The number of rotatable bonds is 8. The van der Waals surface area contributed by atoms with Gasteiger partial charge in [0.2, 0.25) is 5.75 Å². The van der Waals surface area contributed by atoms with Crippen LogP contribution in [0.15, 0.2) is 51.7 Å². The number of carbonyl (C=O) groups is 2. The van der Waals surface area contributed by atoms with Crippen LogP contribution in [0.2, 0.25) is 0 Å². The van der Waals surface area contributed by atoms with Gasteiger partial charge in [-0.2, -0.15) is 0 Å². The van der Waals surface area contributed by atoms with Crippen LogP contribution in [-0.2, 0) is 9.53 Å². The molecule has 1 unspecified atom stereocenters. The number of benzene rings is 2. The van der Waals surface area contributed by atoms with Gasteiger partial charge in [-0.3, -0.25) is 9.59 Å². The number of carbonyl (C=O) groups excluding carboxylic acids is 2. The average molecular weight is 426 g/mol. The summed E-state index contributed by atoms with van der Waals surface area (Å²) >= 11 is 0. The van der Waals surface area contributed by atoms with E-state index in [-0.39, 0.29) is 23.5 Å². The first-order valence-corrected chi connectivity index (χ1v) is 9.37. The Labute approximate surface area is 178 Å². The van der Waals surface area contributed by atoms with Crippen molar-refractivity contribution in [2.24, 2.45) is 0 Å². The quantitative estimate of drug-likeness (QED) is 0.307. The zero-order valence-corrected chi connectivity index (χ0v) is 17.6. The third-order valence-electron chi connectivity index (χ3n) is 4.93. The second kappa shape index (κ2) is 9.34. The van der Waals surface area contributed by atoms with Gasteiger partial charge in [-0.25, -0.2) is 4.79 Å². The van der Waals surface area contributed by atoms with Crippen molar-refractivity contribution in [2.75, 3.05) is 28.4 Å². The van der Waals surface area contributed by atoms with Gasteiger partial charge in [-0.05, 0) is 29.8 Å². The van der Waals surface area contributed by atoms with Crippen LogP contribution in [0.4, 0.5) is 0 Å². The summed E-state index contributed by atoms with van der Waals surface area (Å²) in [5, 5.41) is 0.436. The number of ether oxygens (including phenoxy) is 4. The van der Waals surface area contributed by atoms with Gasteiger partial charge in [0, 0.05) is 23.4 Å². The van der Waals surface area contributed by atoms with Crippen molar-refractivity contribution in [2.45, 2.75) is 12.3 Å². The van der Waals surface area contributed by atoms with E-state index >= 15 is 0 Å². The lowest BCUT2D eigenvalue weighted by atomic mass is 9.89. The maximum atomic E-state index is 13.0. The summed E-state index contributed by atoms with van der Waals surface area (Å²) in [6.07, 6.45) is -0.216. The van der Waals surface area contributed by atoms with Crippen LogP contribution in [0.3, 0.4) is 0 Å². The molecule has 0 bridgehead atoms. The van der Waals surface area contributed by atoms with Gasteiger partial charge in [0.15, 0.2) is 17.1 Å². The summed E-state index contributed by atoms with van der Waals surface area (Å²) in [5.74, 6) is -0.912. The van der Waals surface area contributed by atoms with Gasteiger partial charge < -0.3 is 23.4 Å². The highest BCUT2D eigenvalue weighted by molar-refractivity contribution is 6.01. The molecule has 0 fully saturated rings. The van der Waals surface area contributed by atoms with Crippen LogP contribution in [0.1, 0.15) is 28.3 Å². The fourth-order valence-electron chi connectivity index (χ4n) is 3.41. The van der Waals surface area contributed by atoms with E-state index in [1.807, 2.05) is 0 Å². The van der Waals surface area contributed by atoms with Gasteiger partial charge >= 0.3 is 11.6 Å². The molecule has 0 spiro atoms. The van der Waals surface area contributed by atoms with Crippen molar-refractivity contribution in [1.29, 1.82) is 0 Å². The van der Waals surface area contributed by atoms with Gasteiger partial charge in [0.05, 0.1) is 34.4 Å². The first kappa shape index (κ1) is 21.9. The predicted molar refractivity (Wildman–Crippen MR) is 112 cm³/mol. The molecule has 0 saturated carbocycles. The number of ketones is 1. The van der Waals surface area contributed by atoms with Gasteiger partial charge in [0.1, 0.15) is 5.75 Å². The molecule has 8 nitrogen and oxygen atoms in total. The number of fused-ring (bicyclic) bond motifs is 1. The third kappa shape index (κ3) is 4.37. The first-order valence-electron chi connectivity index (χ1n) is 9.37. The van der Waals surface area contributed by atoms with E-state index in [4.69, 9.17) is 23.4 Å². The van der Waals surface area contributed by atoms with Crippen molar-refractivity contribution in [3.63, 3.8) is 0 Å². The zero-order valence-electron chi connectivity index (χ0n) is 17.6. The normalized spacial score (nSPS) is 11.6. The average Bonchev–Trinajstić information content (AvgIpc) is 2.80. The summed E-state index contributed by atoms with van der Waals surface area (Å²) < 4.78 is 26.0. The summed E-state index contributed by atoms with van der Waals surface area (Å²) in [4.78, 5) is 37.9. The smallest absolute Gasteiger partial charge is 0.336 e. The number of hydrogen-bond donors (Lipinski definition) is 0. The second-order valence-electron chi connectivity index (χ2n) is 6.63. The fourth-order valence-corrected chi connectivity index (χ4v) is 3.41. The van der Waals surface area contributed by atoms with Crippen molar-refractivity contribution >= 4 is 22.7 Å². The van der Waals surface area contributed by atoms with Crippen molar-refractivity contribution in [3.8, 4) is 17.2 Å². The maximum absolute atomic E-state index is 13.0. The van der Waals surface area contributed by atoms with E-state index in [2.05, 4.69) is 0 Å². The molecule has 3 rings (SSSR count). The maximum Gasteiger partial charge on any atom is 0.336 e. The summed E-state index contributed by atoms with van der Waals surface area (Å²) in [5.41, 5.74) is 0.0962. The number of hydrogen-bond acceptors (Lipinski definition) is 8. The van der Waals surface area contributed by atoms with Gasteiger partial charge in [0.25, 0.3) is 0 Å². The Morgan fingerprint density at radius 2 is 1.74 bits per heavy atom. The molecule has 162 valence electrons. The number of Topliss-reactive ketones (excluding diaryl/α,β-unsaturated/α-hetero) is 1. The molecule has 0 aliphatic rings. The van der Waals surface area contributed by atoms with Crippen molar-refractivity contribution in [1.82, 2.24) is 0 Å². The predicted octanol–water partition coefficient (Wildman–Crippen LogP) is 3.35. The van der Waals surface area contributed by atoms with Crippen LogP contribution in [0.25, 0.3) is 11.0 Å². The number of methoxy groups -OCH3 is 4. The minimum absolute atomic E-state index is 0.118. The standard InChI is InChI=1S/C23H22O8/c1-27-14-7-5-6-13(10-14)18(24)11-17(23(26)30-4)16-12-20(25)31-21-15(16)8-9-19(28-2)22(21)29-3/h5-10,12,17H,11H2,1-4H3. The molecular formula is C23H22O8. The molecule has 3 aromatic rings. The minimum Gasteiger partial charge on any atom is -0.497 e. The minimum atomic E-state index is -1.03. The molecular weight excluding hydrogens is 404 g/mol. The highest BCUT2D eigenvalue weighted by Crippen LogP contribution is 2.38. The molecule has 0 radical (unpaired) electrons. The van der Waals surface area contributed by atoms with Crippen molar-refractivity contribution in [3.05, 3.63) is 64.0 Å². The molecule has 1 atom stereocenters. The third-order valence-corrected chi connectivity index (χ3v) is 4.93. The Bertz CT molecular complexity index is 1180. The molecule has 0 aliphatic carbocycles. The van der Waals surface area contributed by atoms with E-state index in [1.165, 1.54) is 34.5 Å². The lowest BCUT2D eigenvalue weighted by molar-refractivity contribution is -0.142. The van der Waals surface area contributed by atoms with E-state index in [0.717, 1.165) is 0 Å². The van der Waals surface area contributed by atoms with E-state index in [1.54, 1.807) is 36.4 Å². The molecule has 1 heterocycles. The molecule has 8 heteroatoms. The van der Waals surface area contributed by atoms with Gasteiger partial charge in [-0.1, -0.05) is 12.1 Å². The van der Waals surface area contributed by atoms with Crippen molar-refractivity contribution < 1.29 is 33.0 Å². The molecule has 1 aromatic heterocycles. The lowest BCUT2D eigenvalue weighted by Gasteiger charge is -2.17. The van der Waals surface area contributed by atoms with Gasteiger partial charge in [-0.15, -0.1) is 0 Å². The Morgan fingerprint density at radius 3 is 2.39 bits per heavy atom. The SMILES string of the molecule is COC(=O)C(CC(=O)c1cccc(OC)c1)c1cc(=O)oc2c(OC)c(OC)ccc12. The molecule has 31 heavy (non-hydrogen) atoms. The number of esters is 1. The topological polar surface area (TPSA) is 101 Å².